The maximum Gasteiger partial charge on any atom is 0.319 e. The second-order valence-electron chi connectivity index (χ2n) is 4.33. The van der Waals surface area contributed by atoms with Crippen LogP contribution in [0, 0.1) is 5.41 Å². The maximum absolute atomic E-state index is 11.6. The minimum atomic E-state index is -0.798. The largest absolute Gasteiger partial charge is 0.465 e. The van der Waals surface area contributed by atoms with Gasteiger partial charge in [0.1, 0.15) is 11.2 Å². The van der Waals surface area contributed by atoms with Gasteiger partial charge in [0.2, 0.25) is 0 Å². The Labute approximate surface area is 91.2 Å². The summed E-state index contributed by atoms with van der Waals surface area (Å²) in [6.07, 6.45) is 5.62. The van der Waals surface area contributed by atoms with E-state index in [4.69, 9.17) is 4.74 Å². The molecule has 1 aliphatic heterocycles. The molecule has 15 heavy (non-hydrogen) atoms. The van der Waals surface area contributed by atoms with Crippen molar-refractivity contribution in [1.82, 2.24) is 0 Å². The van der Waals surface area contributed by atoms with Gasteiger partial charge in [-0.15, -0.1) is 0 Å². The Hall–Kier alpha value is -0.860. The fraction of sp³-hybridized carbons (Fsp3) is 0.833. The molecule has 1 rings (SSSR count). The molecule has 0 spiro atoms. The molecule has 0 bridgehead atoms. The molecule has 1 saturated heterocycles. The van der Waals surface area contributed by atoms with E-state index in [0.717, 1.165) is 19.3 Å². The minimum absolute atomic E-state index is 0.0264. The first-order valence-electron chi connectivity index (χ1n) is 5.82. The van der Waals surface area contributed by atoms with Crippen molar-refractivity contribution >= 4 is 11.8 Å². The second kappa shape index (κ2) is 5.29. The summed E-state index contributed by atoms with van der Waals surface area (Å²) < 4.78 is 4.93. The van der Waals surface area contributed by atoms with Crippen LogP contribution in [0.4, 0.5) is 0 Å². The number of carbonyl (C=O) groups is 2. The molecule has 0 saturated carbocycles. The monoisotopic (exact) mass is 212 g/mol. The Morgan fingerprint density at radius 2 is 2.13 bits per heavy atom. The summed E-state index contributed by atoms with van der Waals surface area (Å²) in [5.41, 5.74) is -0.798. The maximum atomic E-state index is 11.6. The standard InChI is InChI=1S/C12H20O3/c1-3-4-5-6-7-12(10(2)13)8-9-15-11(12)14/h3-9H2,1-2H3. The minimum Gasteiger partial charge on any atom is -0.465 e. The number of hydrogen-bond donors (Lipinski definition) is 0. The van der Waals surface area contributed by atoms with E-state index in [0.29, 0.717) is 19.4 Å². The molecule has 1 aliphatic rings. The van der Waals surface area contributed by atoms with E-state index >= 15 is 0 Å². The number of Topliss-reactive ketones (excluding diaryl/α,β-unsaturated/α-hetero) is 1. The van der Waals surface area contributed by atoms with Gasteiger partial charge in [-0.3, -0.25) is 9.59 Å². The Kier molecular flexibility index (Phi) is 4.30. The molecule has 1 heterocycles. The summed E-state index contributed by atoms with van der Waals surface area (Å²) in [5, 5.41) is 0. The highest BCUT2D eigenvalue weighted by Gasteiger charge is 2.47. The molecule has 1 fully saturated rings. The molecule has 0 radical (unpaired) electrons. The lowest BCUT2D eigenvalue weighted by Gasteiger charge is -2.20. The number of carbonyl (C=O) groups excluding carboxylic acids is 2. The topological polar surface area (TPSA) is 43.4 Å². The van der Waals surface area contributed by atoms with Gasteiger partial charge < -0.3 is 4.74 Å². The van der Waals surface area contributed by atoms with Crippen LogP contribution in [0.15, 0.2) is 0 Å². The Morgan fingerprint density at radius 3 is 2.60 bits per heavy atom. The van der Waals surface area contributed by atoms with Gasteiger partial charge in [-0.1, -0.05) is 32.6 Å². The van der Waals surface area contributed by atoms with Crippen LogP contribution in [0.2, 0.25) is 0 Å². The number of ether oxygens (including phenoxy) is 1. The summed E-state index contributed by atoms with van der Waals surface area (Å²) in [7, 11) is 0. The Morgan fingerprint density at radius 1 is 1.40 bits per heavy atom. The number of hydrogen-bond acceptors (Lipinski definition) is 3. The van der Waals surface area contributed by atoms with Crippen molar-refractivity contribution in [3.63, 3.8) is 0 Å². The quantitative estimate of drug-likeness (QED) is 0.386. The number of unbranched alkanes of at least 4 members (excludes halogenated alkanes) is 3. The van der Waals surface area contributed by atoms with Crippen molar-refractivity contribution in [2.75, 3.05) is 6.61 Å². The van der Waals surface area contributed by atoms with E-state index in [1.165, 1.54) is 13.3 Å². The van der Waals surface area contributed by atoms with Crippen LogP contribution in [0.25, 0.3) is 0 Å². The summed E-state index contributed by atoms with van der Waals surface area (Å²) in [6, 6.07) is 0. The van der Waals surface area contributed by atoms with Crippen LogP contribution in [-0.4, -0.2) is 18.4 Å². The van der Waals surface area contributed by atoms with Crippen LogP contribution in [-0.2, 0) is 14.3 Å². The molecular weight excluding hydrogens is 192 g/mol. The summed E-state index contributed by atoms with van der Waals surface area (Å²) in [6.45, 7) is 4.06. The first kappa shape index (κ1) is 12.2. The van der Waals surface area contributed by atoms with E-state index in [1.807, 2.05) is 0 Å². The van der Waals surface area contributed by atoms with Gasteiger partial charge >= 0.3 is 5.97 Å². The van der Waals surface area contributed by atoms with Crippen molar-refractivity contribution in [3.05, 3.63) is 0 Å². The first-order chi connectivity index (χ1) is 7.13. The third-order valence-corrected chi connectivity index (χ3v) is 3.28. The first-order valence-corrected chi connectivity index (χ1v) is 5.82. The smallest absolute Gasteiger partial charge is 0.319 e. The van der Waals surface area contributed by atoms with Gasteiger partial charge in [-0.2, -0.15) is 0 Å². The van der Waals surface area contributed by atoms with E-state index in [-0.39, 0.29) is 11.8 Å². The van der Waals surface area contributed by atoms with Crippen molar-refractivity contribution < 1.29 is 14.3 Å². The Balaban J connectivity index is 2.51. The average Bonchev–Trinajstić information content (AvgIpc) is 2.56. The molecule has 0 amide bonds. The summed E-state index contributed by atoms with van der Waals surface area (Å²) in [4.78, 5) is 23.1. The van der Waals surface area contributed by atoms with E-state index in [2.05, 4.69) is 6.92 Å². The van der Waals surface area contributed by atoms with E-state index in [9.17, 15) is 9.59 Å². The molecule has 86 valence electrons. The van der Waals surface area contributed by atoms with Gasteiger partial charge in [0.15, 0.2) is 0 Å². The third kappa shape index (κ3) is 2.58. The van der Waals surface area contributed by atoms with Gasteiger partial charge in [0.05, 0.1) is 6.61 Å². The molecule has 1 unspecified atom stereocenters. The lowest BCUT2D eigenvalue weighted by Crippen LogP contribution is -2.34. The number of esters is 1. The molecule has 0 aromatic heterocycles. The lowest BCUT2D eigenvalue weighted by molar-refractivity contribution is -0.151. The molecule has 1 atom stereocenters. The highest BCUT2D eigenvalue weighted by Crippen LogP contribution is 2.36. The molecule has 0 aromatic rings. The van der Waals surface area contributed by atoms with Crippen molar-refractivity contribution in [2.24, 2.45) is 5.41 Å². The van der Waals surface area contributed by atoms with Gasteiger partial charge in [-0.25, -0.2) is 0 Å². The van der Waals surface area contributed by atoms with Crippen LogP contribution in [0.3, 0.4) is 0 Å². The lowest BCUT2D eigenvalue weighted by atomic mass is 9.78. The molecule has 0 N–H and O–H groups in total. The molecule has 0 aromatic carbocycles. The zero-order valence-corrected chi connectivity index (χ0v) is 9.67. The van der Waals surface area contributed by atoms with Crippen molar-refractivity contribution in [3.8, 4) is 0 Å². The highest BCUT2D eigenvalue weighted by molar-refractivity contribution is 6.03. The average molecular weight is 212 g/mol. The molecule has 3 nitrogen and oxygen atoms in total. The SMILES string of the molecule is CCCCCCC1(C(C)=O)CCOC1=O. The van der Waals surface area contributed by atoms with Crippen molar-refractivity contribution in [2.45, 2.75) is 52.4 Å². The highest BCUT2D eigenvalue weighted by atomic mass is 16.5. The fourth-order valence-electron chi connectivity index (χ4n) is 2.13. The zero-order valence-electron chi connectivity index (χ0n) is 9.67. The van der Waals surface area contributed by atoms with Crippen molar-refractivity contribution in [1.29, 1.82) is 0 Å². The van der Waals surface area contributed by atoms with Gasteiger partial charge in [0.25, 0.3) is 0 Å². The van der Waals surface area contributed by atoms with Gasteiger partial charge in [-0.05, 0) is 13.3 Å². The van der Waals surface area contributed by atoms with E-state index in [1.54, 1.807) is 0 Å². The predicted molar refractivity (Wildman–Crippen MR) is 57.4 cm³/mol. The fourth-order valence-corrected chi connectivity index (χ4v) is 2.13. The zero-order chi connectivity index (χ0) is 11.3. The number of rotatable bonds is 6. The summed E-state index contributed by atoms with van der Waals surface area (Å²) in [5.74, 6) is -0.326. The third-order valence-electron chi connectivity index (χ3n) is 3.28. The van der Waals surface area contributed by atoms with E-state index < -0.39 is 5.41 Å². The number of ketones is 1. The molecule has 3 heteroatoms. The predicted octanol–water partition coefficient (Wildman–Crippen LogP) is 2.48. The van der Waals surface area contributed by atoms with Crippen LogP contribution in [0.1, 0.15) is 52.4 Å². The number of cyclic esters (lactones) is 1. The Bertz CT molecular complexity index is 247. The van der Waals surface area contributed by atoms with Crippen LogP contribution < -0.4 is 0 Å². The second-order valence-corrected chi connectivity index (χ2v) is 4.33. The molecule has 0 aliphatic carbocycles. The van der Waals surface area contributed by atoms with Crippen LogP contribution >= 0.6 is 0 Å². The summed E-state index contributed by atoms with van der Waals surface area (Å²) >= 11 is 0. The van der Waals surface area contributed by atoms with Gasteiger partial charge in [0, 0.05) is 6.42 Å². The normalized spacial score (nSPS) is 25.3. The molecular formula is C12H20O3. The van der Waals surface area contributed by atoms with Crippen LogP contribution in [0.5, 0.6) is 0 Å².